The summed E-state index contributed by atoms with van der Waals surface area (Å²) in [7, 11) is 0. The van der Waals surface area contributed by atoms with Crippen molar-refractivity contribution in [3.05, 3.63) is 58.9 Å². The van der Waals surface area contributed by atoms with Gasteiger partial charge in [-0.05, 0) is 38.8 Å². The molecule has 5 heteroatoms. The Morgan fingerprint density at radius 2 is 1.85 bits per heavy atom. The SMILES string of the molecule is CCC[C@H](NC(=O)COC(=O)c1cc(C)n(CC)c1C)c1ccccc1. The van der Waals surface area contributed by atoms with Crippen molar-refractivity contribution in [3.63, 3.8) is 0 Å². The molecule has 5 nitrogen and oxygen atoms in total. The van der Waals surface area contributed by atoms with Crippen LogP contribution in [0.25, 0.3) is 0 Å². The Bertz CT molecular complexity index is 750. The Balaban J connectivity index is 1.96. The van der Waals surface area contributed by atoms with Crippen molar-refractivity contribution in [3.8, 4) is 0 Å². The smallest absolute Gasteiger partial charge is 0.340 e. The van der Waals surface area contributed by atoms with E-state index in [2.05, 4.69) is 12.2 Å². The maximum absolute atomic E-state index is 12.3. The molecule has 0 saturated heterocycles. The second kappa shape index (κ2) is 9.22. The number of amides is 1. The molecule has 0 aliphatic rings. The molecule has 0 aliphatic carbocycles. The van der Waals surface area contributed by atoms with E-state index in [-0.39, 0.29) is 18.6 Å². The third kappa shape index (κ3) is 4.75. The molecule has 1 heterocycles. The predicted molar refractivity (Wildman–Crippen MR) is 102 cm³/mol. The summed E-state index contributed by atoms with van der Waals surface area (Å²) in [6.07, 6.45) is 1.78. The van der Waals surface area contributed by atoms with Gasteiger partial charge in [-0.15, -0.1) is 0 Å². The van der Waals surface area contributed by atoms with E-state index >= 15 is 0 Å². The van der Waals surface area contributed by atoms with Gasteiger partial charge < -0.3 is 14.6 Å². The van der Waals surface area contributed by atoms with Crippen molar-refractivity contribution < 1.29 is 14.3 Å². The maximum Gasteiger partial charge on any atom is 0.340 e. The Hall–Kier alpha value is -2.56. The van der Waals surface area contributed by atoms with Crippen molar-refractivity contribution in [1.29, 1.82) is 0 Å². The Morgan fingerprint density at radius 1 is 1.15 bits per heavy atom. The number of carbonyl (C=O) groups is 2. The summed E-state index contributed by atoms with van der Waals surface area (Å²) < 4.78 is 7.28. The maximum atomic E-state index is 12.3. The second-order valence-corrected chi connectivity index (χ2v) is 6.42. The first-order valence-electron chi connectivity index (χ1n) is 9.16. The number of benzene rings is 1. The second-order valence-electron chi connectivity index (χ2n) is 6.42. The highest BCUT2D eigenvalue weighted by molar-refractivity contribution is 5.92. The molecule has 26 heavy (non-hydrogen) atoms. The first kappa shape index (κ1) is 19.8. The summed E-state index contributed by atoms with van der Waals surface area (Å²) in [5.74, 6) is -0.746. The number of hydrogen-bond acceptors (Lipinski definition) is 3. The van der Waals surface area contributed by atoms with E-state index in [1.165, 1.54) is 0 Å². The molecule has 0 bridgehead atoms. The van der Waals surface area contributed by atoms with Crippen LogP contribution >= 0.6 is 0 Å². The third-order valence-corrected chi connectivity index (χ3v) is 4.56. The van der Waals surface area contributed by atoms with Crippen LogP contribution in [0.2, 0.25) is 0 Å². The lowest BCUT2D eigenvalue weighted by Crippen LogP contribution is -2.32. The fourth-order valence-electron chi connectivity index (χ4n) is 3.24. The van der Waals surface area contributed by atoms with Crippen LogP contribution in [0.3, 0.4) is 0 Å². The van der Waals surface area contributed by atoms with Crippen LogP contribution in [0, 0.1) is 13.8 Å². The van der Waals surface area contributed by atoms with Gasteiger partial charge in [0.05, 0.1) is 11.6 Å². The van der Waals surface area contributed by atoms with E-state index in [9.17, 15) is 9.59 Å². The number of aromatic nitrogens is 1. The van der Waals surface area contributed by atoms with Gasteiger partial charge in [-0.25, -0.2) is 4.79 Å². The lowest BCUT2D eigenvalue weighted by atomic mass is 10.0. The van der Waals surface area contributed by atoms with E-state index < -0.39 is 5.97 Å². The highest BCUT2D eigenvalue weighted by Crippen LogP contribution is 2.18. The molecule has 0 aliphatic heterocycles. The topological polar surface area (TPSA) is 60.3 Å². The van der Waals surface area contributed by atoms with Gasteiger partial charge in [-0.2, -0.15) is 0 Å². The zero-order chi connectivity index (χ0) is 19.1. The molecule has 1 aromatic heterocycles. The molecule has 0 saturated carbocycles. The van der Waals surface area contributed by atoms with Crippen LogP contribution < -0.4 is 5.32 Å². The minimum absolute atomic E-state index is 0.0717. The van der Waals surface area contributed by atoms with Gasteiger partial charge in [0.15, 0.2) is 6.61 Å². The number of nitrogens with zero attached hydrogens (tertiary/aromatic N) is 1. The molecule has 0 unspecified atom stereocenters. The van der Waals surface area contributed by atoms with E-state index in [4.69, 9.17) is 4.74 Å². The molecular weight excluding hydrogens is 328 g/mol. The number of ether oxygens (including phenoxy) is 1. The van der Waals surface area contributed by atoms with E-state index in [1.54, 1.807) is 0 Å². The van der Waals surface area contributed by atoms with Crippen molar-refractivity contribution in [2.75, 3.05) is 6.61 Å². The van der Waals surface area contributed by atoms with Crippen LogP contribution in [-0.4, -0.2) is 23.1 Å². The number of rotatable bonds is 8. The summed E-state index contributed by atoms with van der Waals surface area (Å²) in [4.78, 5) is 24.6. The zero-order valence-electron chi connectivity index (χ0n) is 16.0. The van der Waals surface area contributed by atoms with Gasteiger partial charge in [-0.1, -0.05) is 43.7 Å². The first-order valence-corrected chi connectivity index (χ1v) is 9.16. The lowest BCUT2D eigenvalue weighted by Gasteiger charge is -2.18. The lowest BCUT2D eigenvalue weighted by molar-refractivity contribution is -0.125. The number of esters is 1. The number of hydrogen-bond donors (Lipinski definition) is 1. The van der Waals surface area contributed by atoms with E-state index in [0.29, 0.717) is 5.56 Å². The Kier molecular flexibility index (Phi) is 7.01. The minimum atomic E-state index is -0.459. The van der Waals surface area contributed by atoms with Gasteiger partial charge in [0.1, 0.15) is 0 Å². The van der Waals surface area contributed by atoms with Crippen LogP contribution in [-0.2, 0) is 16.1 Å². The van der Waals surface area contributed by atoms with Gasteiger partial charge in [-0.3, -0.25) is 4.79 Å². The highest BCUT2D eigenvalue weighted by Gasteiger charge is 2.19. The Morgan fingerprint density at radius 3 is 2.42 bits per heavy atom. The molecule has 1 atom stereocenters. The quantitative estimate of drug-likeness (QED) is 0.729. The summed E-state index contributed by atoms with van der Waals surface area (Å²) in [6, 6.07) is 11.6. The van der Waals surface area contributed by atoms with Crippen molar-refractivity contribution in [2.45, 2.75) is 53.1 Å². The van der Waals surface area contributed by atoms with Gasteiger partial charge in [0.25, 0.3) is 5.91 Å². The monoisotopic (exact) mass is 356 g/mol. The minimum Gasteiger partial charge on any atom is -0.452 e. The molecule has 1 amide bonds. The molecule has 140 valence electrons. The summed E-state index contributed by atoms with van der Waals surface area (Å²) in [6.45, 7) is 8.46. The van der Waals surface area contributed by atoms with Gasteiger partial charge in [0, 0.05) is 17.9 Å². The highest BCUT2D eigenvalue weighted by atomic mass is 16.5. The van der Waals surface area contributed by atoms with Crippen molar-refractivity contribution in [1.82, 2.24) is 9.88 Å². The van der Waals surface area contributed by atoms with Gasteiger partial charge in [0.2, 0.25) is 0 Å². The molecular formula is C21H28N2O3. The molecule has 2 rings (SSSR count). The summed E-state index contributed by atoms with van der Waals surface area (Å²) >= 11 is 0. The third-order valence-electron chi connectivity index (χ3n) is 4.56. The largest absolute Gasteiger partial charge is 0.452 e. The van der Waals surface area contributed by atoms with Crippen LogP contribution in [0.1, 0.15) is 60.0 Å². The van der Waals surface area contributed by atoms with Crippen molar-refractivity contribution in [2.24, 2.45) is 0 Å². The summed E-state index contributed by atoms with van der Waals surface area (Å²) in [5.41, 5.74) is 3.45. The van der Waals surface area contributed by atoms with Crippen LogP contribution in [0.15, 0.2) is 36.4 Å². The number of carbonyl (C=O) groups excluding carboxylic acids is 2. The first-order chi connectivity index (χ1) is 12.5. The number of aryl methyl sites for hydroxylation is 1. The molecule has 1 N–H and O–H groups in total. The molecule has 0 fully saturated rings. The van der Waals surface area contributed by atoms with Gasteiger partial charge >= 0.3 is 5.97 Å². The van der Waals surface area contributed by atoms with E-state index in [0.717, 1.165) is 36.3 Å². The fourth-order valence-corrected chi connectivity index (χ4v) is 3.24. The van der Waals surface area contributed by atoms with E-state index in [1.807, 2.05) is 61.7 Å². The average molecular weight is 356 g/mol. The van der Waals surface area contributed by atoms with Crippen LogP contribution in [0.5, 0.6) is 0 Å². The molecule has 2 aromatic rings. The predicted octanol–water partition coefficient (Wildman–Crippen LogP) is 3.94. The summed E-state index contributed by atoms with van der Waals surface area (Å²) in [5, 5.41) is 2.96. The Labute approximate surface area is 155 Å². The number of nitrogens with one attached hydrogen (secondary N) is 1. The zero-order valence-corrected chi connectivity index (χ0v) is 16.0. The van der Waals surface area contributed by atoms with Crippen LogP contribution in [0.4, 0.5) is 0 Å². The average Bonchev–Trinajstić information content (AvgIpc) is 2.93. The van der Waals surface area contributed by atoms with Crippen molar-refractivity contribution >= 4 is 11.9 Å². The normalized spacial score (nSPS) is 11.8. The molecule has 0 spiro atoms. The standard InChI is InChI=1S/C21H28N2O3/c1-5-10-19(17-11-8-7-9-12-17)22-20(24)14-26-21(25)18-13-15(3)23(6-2)16(18)4/h7-9,11-13,19H,5-6,10,14H2,1-4H3,(H,22,24)/t19-/m0/s1. The fraction of sp³-hybridized carbons (Fsp3) is 0.429. The molecule has 1 aromatic carbocycles. The molecule has 0 radical (unpaired) electrons.